The second-order valence-electron chi connectivity index (χ2n) is 3.65. The lowest BCUT2D eigenvalue weighted by Gasteiger charge is -2.04. The number of hydrogen-bond donors (Lipinski definition) is 0. The average Bonchev–Trinajstić information content (AvgIpc) is 2.75. The Bertz CT molecular complexity index is 525. The highest BCUT2D eigenvalue weighted by molar-refractivity contribution is 7.09. The van der Waals surface area contributed by atoms with E-state index in [1.54, 1.807) is 11.3 Å². The van der Waals surface area contributed by atoms with Crippen LogP contribution in [0.2, 0.25) is 0 Å². The van der Waals surface area contributed by atoms with Crippen LogP contribution in [0.15, 0.2) is 29.6 Å². The normalized spacial score (nSPS) is 9.88. The Morgan fingerprint density at radius 3 is 2.71 bits per heavy atom. The van der Waals surface area contributed by atoms with E-state index in [0.29, 0.717) is 13.0 Å². The minimum absolute atomic E-state index is 0.436. The Morgan fingerprint density at radius 2 is 2.12 bits per heavy atom. The Hall–Kier alpha value is -1.86. The molecular weight excluding hydrogens is 232 g/mol. The summed E-state index contributed by atoms with van der Waals surface area (Å²) in [6.07, 6.45) is 0.436. The predicted octanol–water partition coefficient (Wildman–Crippen LogP) is 3.10. The van der Waals surface area contributed by atoms with Gasteiger partial charge in [-0.2, -0.15) is 5.26 Å². The van der Waals surface area contributed by atoms with Gasteiger partial charge in [-0.3, -0.25) is 0 Å². The molecule has 3 nitrogen and oxygen atoms in total. The van der Waals surface area contributed by atoms with Crippen LogP contribution in [-0.4, -0.2) is 4.98 Å². The van der Waals surface area contributed by atoms with E-state index in [2.05, 4.69) is 11.1 Å². The van der Waals surface area contributed by atoms with Gasteiger partial charge in [0.15, 0.2) is 0 Å². The van der Waals surface area contributed by atoms with Crippen LogP contribution in [0.4, 0.5) is 0 Å². The maximum atomic E-state index is 8.56. The smallest absolute Gasteiger partial charge is 0.140 e. The number of aromatic nitrogens is 1. The molecule has 0 saturated heterocycles. The van der Waals surface area contributed by atoms with Crippen molar-refractivity contribution in [2.45, 2.75) is 20.0 Å². The molecule has 0 aliphatic carbocycles. The molecule has 0 saturated carbocycles. The summed E-state index contributed by atoms with van der Waals surface area (Å²) < 4.78 is 5.60. The summed E-state index contributed by atoms with van der Waals surface area (Å²) in [5.74, 6) is 0.805. The molecule has 1 aromatic heterocycles. The predicted molar refractivity (Wildman–Crippen MR) is 66.9 cm³/mol. The first-order valence-electron chi connectivity index (χ1n) is 5.27. The number of aryl methyl sites for hydroxylation is 1. The van der Waals surface area contributed by atoms with Crippen molar-refractivity contribution < 1.29 is 4.74 Å². The van der Waals surface area contributed by atoms with Crippen molar-refractivity contribution in [2.75, 3.05) is 0 Å². The van der Waals surface area contributed by atoms with Gasteiger partial charge in [0.25, 0.3) is 0 Å². The zero-order valence-electron chi connectivity index (χ0n) is 9.51. The molecule has 0 fully saturated rings. The van der Waals surface area contributed by atoms with Crippen molar-refractivity contribution in [1.82, 2.24) is 4.98 Å². The Labute approximate surface area is 104 Å². The molecule has 17 heavy (non-hydrogen) atoms. The minimum atomic E-state index is 0.436. The summed E-state index contributed by atoms with van der Waals surface area (Å²) in [5.41, 5.74) is 2.03. The topological polar surface area (TPSA) is 45.9 Å². The molecule has 0 unspecified atom stereocenters. The fourth-order valence-corrected chi connectivity index (χ4v) is 2.09. The van der Waals surface area contributed by atoms with Gasteiger partial charge in [-0.05, 0) is 24.6 Å². The molecule has 0 bridgehead atoms. The highest BCUT2D eigenvalue weighted by Gasteiger charge is 2.00. The van der Waals surface area contributed by atoms with Crippen LogP contribution in [0.3, 0.4) is 0 Å². The van der Waals surface area contributed by atoms with E-state index in [0.717, 1.165) is 22.0 Å². The fourth-order valence-electron chi connectivity index (χ4n) is 1.41. The van der Waals surface area contributed by atoms with E-state index in [1.165, 1.54) is 0 Å². The van der Waals surface area contributed by atoms with Gasteiger partial charge in [0, 0.05) is 11.1 Å². The summed E-state index contributed by atoms with van der Waals surface area (Å²) in [5, 5.41) is 11.5. The molecule has 2 aromatic rings. The second kappa shape index (κ2) is 5.46. The van der Waals surface area contributed by atoms with E-state index < -0.39 is 0 Å². The molecule has 4 heteroatoms. The van der Waals surface area contributed by atoms with Gasteiger partial charge < -0.3 is 4.74 Å². The molecule has 86 valence electrons. The first-order chi connectivity index (χ1) is 8.28. The highest BCUT2D eigenvalue weighted by Crippen LogP contribution is 2.16. The van der Waals surface area contributed by atoms with Crippen LogP contribution in [0.25, 0.3) is 0 Å². The van der Waals surface area contributed by atoms with Gasteiger partial charge in [-0.25, -0.2) is 4.98 Å². The van der Waals surface area contributed by atoms with Crippen molar-refractivity contribution in [3.8, 4) is 11.8 Å². The first kappa shape index (κ1) is 11.6. The Morgan fingerprint density at radius 1 is 1.35 bits per heavy atom. The van der Waals surface area contributed by atoms with E-state index >= 15 is 0 Å². The molecule has 0 radical (unpaired) electrons. The first-order valence-corrected chi connectivity index (χ1v) is 6.15. The summed E-state index contributed by atoms with van der Waals surface area (Å²) in [7, 11) is 0. The van der Waals surface area contributed by atoms with Gasteiger partial charge in [0.1, 0.15) is 17.4 Å². The number of benzene rings is 1. The number of ether oxygens (including phenoxy) is 1. The Balaban J connectivity index is 1.93. The lowest BCUT2D eigenvalue weighted by molar-refractivity contribution is 0.305. The van der Waals surface area contributed by atoms with Gasteiger partial charge in [-0.15, -0.1) is 11.3 Å². The van der Waals surface area contributed by atoms with Gasteiger partial charge in [0.2, 0.25) is 0 Å². The van der Waals surface area contributed by atoms with Crippen LogP contribution < -0.4 is 4.74 Å². The fraction of sp³-hybridized carbons (Fsp3) is 0.231. The third kappa shape index (κ3) is 3.30. The van der Waals surface area contributed by atoms with E-state index in [-0.39, 0.29) is 0 Å². The summed E-state index contributed by atoms with van der Waals surface area (Å²) in [4.78, 5) is 4.32. The lowest BCUT2D eigenvalue weighted by Crippen LogP contribution is -1.95. The molecule has 0 atom stereocenters. The maximum absolute atomic E-state index is 8.56. The van der Waals surface area contributed by atoms with Crippen LogP contribution in [0, 0.1) is 18.3 Å². The van der Waals surface area contributed by atoms with Crippen LogP contribution in [0.5, 0.6) is 5.75 Å². The quantitative estimate of drug-likeness (QED) is 0.830. The number of nitriles is 1. The van der Waals surface area contributed by atoms with E-state index in [1.807, 2.05) is 36.6 Å². The summed E-state index contributed by atoms with van der Waals surface area (Å²) >= 11 is 1.60. The third-order valence-corrected chi connectivity index (χ3v) is 3.18. The molecule has 2 rings (SSSR count). The number of hydrogen-bond acceptors (Lipinski definition) is 4. The second-order valence-corrected chi connectivity index (χ2v) is 4.59. The van der Waals surface area contributed by atoms with Gasteiger partial charge in [0.05, 0.1) is 12.5 Å². The monoisotopic (exact) mass is 244 g/mol. The van der Waals surface area contributed by atoms with Crippen molar-refractivity contribution in [1.29, 1.82) is 5.26 Å². The van der Waals surface area contributed by atoms with Crippen molar-refractivity contribution >= 4 is 11.3 Å². The zero-order valence-corrected chi connectivity index (χ0v) is 10.3. The van der Waals surface area contributed by atoms with Crippen LogP contribution in [0.1, 0.15) is 16.3 Å². The summed E-state index contributed by atoms with van der Waals surface area (Å²) in [6, 6.07) is 9.70. The molecule has 0 aliphatic rings. The Kier molecular flexibility index (Phi) is 3.73. The van der Waals surface area contributed by atoms with Crippen LogP contribution >= 0.6 is 11.3 Å². The number of thiazole rings is 1. The maximum Gasteiger partial charge on any atom is 0.140 e. The van der Waals surface area contributed by atoms with Crippen molar-refractivity contribution in [2.24, 2.45) is 0 Å². The average molecular weight is 244 g/mol. The minimum Gasteiger partial charge on any atom is -0.486 e. The molecular formula is C13H12N2OS. The van der Waals surface area contributed by atoms with Crippen molar-refractivity contribution in [3.63, 3.8) is 0 Å². The van der Waals surface area contributed by atoms with E-state index in [4.69, 9.17) is 10.00 Å². The van der Waals surface area contributed by atoms with Crippen LogP contribution in [-0.2, 0) is 13.0 Å². The van der Waals surface area contributed by atoms with E-state index in [9.17, 15) is 0 Å². The lowest BCUT2D eigenvalue weighted by atomic mass is 10.2. The van der Waals surface area contributed by atoms with Gasteiger partial charge >= 0.3 is 0 Å². The zero-order chi connectivity index (χ0) is 12.1. The largest absolute Gasteiger partial charge is 0.486 e. The van der Waals surface area contributed by atoms with Gasteiger partial charge in [-0.1, -0.05) is 12.1 Å². The number of nitrogens with zero attached hydrogens (tertiary/aromatic N) is 2. The molecule has 1 heterocycles. The molecule has 0 spiro atoms. The third-order valence-electron chi connectivity index (χ3n) is 2.24. The molecule has 0 aliphatic heterocycles. The summed E-state index contributed by atoms with van der Waals surface area (Å²) in [6.45, 7) is 2.47. The molecule has 0 N–H and O–H groups in total. The molecule has 0 amide bonds. The van der Waals surface area contributed by atoms with Crippen molar-refractivity contribution in [3.05, 3.63) is 45.9 Å². The standard InChI is InChI=1S/C13H12N2OS/c1-10-9-17-13(15-10)8-16-12-4-2-11(3-5-12)6-7-14/h2-5,9H,6,8H2,1H3. The number of rotatable bonds is 4. The SMILES string of the molecule is Cc1csc(COc2ccc(CC#N)cc2)n1. The highest BCUT2D eigenvalue weighted by atomic mass is 32.1. The molecule has 1 aromatic carbocycles.